The van der Waals surface area contributed by atoms with E-state index in [0.29, 0.717) is 17.9 Å². The number of rotatable bonds is 6. The van der Waals surface area contributed by atoms with Crippen LogP contribution in [0.2, 0.25) is 0 Å². The maximum Gasteiger partial charge on any atom is 0.301 e. The van der Waals surface area contributed by atoms with E-state index < -0.39 is 11.9 Å². The monoisotopic (exact) mass is 200 g/mol. The van der Waals surface area contributed by atoms with Crippen LogP contribution in [-0.4, -0.2) is 23.2 Å². The first-order valence-corrected chi connectivity index (χ1v) is 4.72. The fourth-order valence-electron chi connectivity index (χ4n) is 0.591. The lowest BCUT2D eigenvalue weighted by molar-refractivity contribution is 0.322. The van der Waals surface area contributed by atoms with Crippen molar-refractivity contribution >= 4 is 11.8 Å². The van der Waals surface area contributed by atoms with Gasteiger partial charge in [0.25, 0.3) is 0 Å². The molecule has 0 rings (SSSR count). The summed E-state index contributed by atoms with van der Waals surface area (Å²) in [5, 5.41) is 8.34. The zero-order chi connectivity index (χ0) is 9.40. The van der Waals surface area contributed by atoms with E-state index in [4.69, 9.17) is 5.11 Å². The Morgan fingerprint density at radius 3 is 2.33 bits per heavy atom. The van der Waals surface area contributed by atoms with Crippen LogP contribution in [0.25, 0.3) is 0 Å². The Morgan fingerprint density at radius 1 is 1.17 bits per heavy atom. The van der Waals surface area contributed by atoms with Crippen molar-refractivity contribution in [3.05, 3.63) is 11.9 Å². The van der Waals surface area contributed by atoms with Gasteiger partial charge >= 0.3 is 6.08 Å². The second-order valence-corrected chi connectivity index (χ2v) is 3.33. The minimum absolute atomic E-state index is 0.0699. The molecule has 72 valence electrons. The zero-order valence-corrected chi connectivity index (χ0v) is 7.34. The van der Waals surface area contributed by atoms with Crippen LogP contribution < -0.4 is 0 Å². The van der Waals surface area contributed by atoms with Crippen LogP contribution >= 0.6 is 11.8 Å². The summed E-state index contributed by atoms with van der Waals surface area (Å²) in [7, 11) is 0. The predicted octanol–water partition coefficient (Wildman–Crippen LogP) is 2.57. The second-order valence-electron chi connectivity index (χ2n) is 2.10. The normalized spacial score (nSPS) is 10.0. The molecule has 0 fully saturated rings. The summed E-state index contributed by atoms with van der Waals surface area (Å²) in [5.74, 6) is -0.148. The van der Waals surface area contributed by atoms with Crippen LogP contribution in [0.3, 0.4) is 0 Å². The highest BCUT2D eigenvalue weighted by atomic mass is 32.2. The first-order chi connectivity index (χ1) is 5.68. The SMILES string of the molecule is OCCSCCCC(F)=C(F)F. The van der Waals surface area contributed by atoms with Gasteiger partial charge in [-0.25, -0.2) is 4.39 Å². The van der Waals surface area contributed by atoms with Gasteiger partial charge in [0, 0.05) is 12.2 Å². The zero-order valence-electron chi connectivity index (χ0n) is 6.52. The molecule has 0 aliphatic rings. The quantitative estimate of drug-likeness (QED) is 0.665. The van der Waals surface area contributed by atoms with Gasteiger partial charge in [0.1, 0.15) is 0 Å². The van der Waals surface area contributed by atoms with E-state index in [1.807, 2.05) is 0 Å². The van der Waals surface area contributed by atoms with Crippen LogP contribution in [0.4, 0.5) is 13.2 Å². The van der Waals surface area contributed by atoms with Gasteiger partial charge in [-0.3, -0.25) is 0 Å². The smallest absolute Gasteiger partial charge is 0.301 e. The van der Waals surface area contributed by atoms with E-state index in [1.54, 1.807) is 0 Å². The largest absolute Gasteiger partial charge is 0.396 e. The number of thioether (sulfide) groups is 1. The Bertz CT molecular complexity index is 146. The van der Waals surface area contributed by atoms with Crippen molar-refractivity contribution < 1.29 is 18.3 Å². The van der Waals surface area contributed by atoms with Gasteiger partial charge in [0.15, 0.2) is 5.83 Å². The second kappa shape index (κ2) is 7.49. The Balaban J connectivity index is 3.26. The van der Waals surface area contributed by atoms with E-state index in [2.05, 4.69) is 0 Å². The van der Waals surface area contributed by atoms with Crippen molar-refractivity contribution in [1.82, 2.24) is 0 Å². The van der Waals surface area contributed by atoms with Crippen LogP contribution in [0.5, 0.6) is 0 Å². The third kappa shape index (κ3) is 6.54. The molecule has 0 amide bonds. The van der Waals surface area contributed by atoms with E-state index in [0.717, 1.165) is 0 Å². The highest BCUT2D eigenvalue weighted by molar-refractivity contribution is 7.99. The van der Waals surface area contributed by atoms with Gasteiger partial charge in [-0.15, -0.1) is 0 Å². The average molecular weight is 200 g/mol. The van der Waals surface area contributed by atoms with Gasteiger partial charge in [0.2, 0.25) is 0 Å². The maximum absolute atomic E-state index is 12.1. The topological polar surface area (TPSA) is 20.2 Å². The summed E-state index contributed by atoms with van der Waals surface area (Å²) >= 11 is 1.42. The average Bonchev–Trinajstić information content (AvgIpc) is 2.03. The summed E-state index contributed by atoms with van der Waals surface area (Å²) in [4.78, 5) is 0. The van der Waals surface area contributed by atoms with Crippen molar-refractivity contribution in [3.63, 3.8) is 0 Å². The first-order valence-electron chi connectivity index (χ1n) is 3.56. The van der Waals surface area contributed by atoms with Crippen molar-refractivity contribution in [3.8, 4) is 0 Å². The van der Waals surface area contributed by atoms with E-state index in [-0.39, 0.29) is 13.0 Å². The Hall–Kier alpha value is -0.160. The molecular weight excluding hydrogens is 189 g/mol. The molecule has 0 atom stereocenters. The Morgan fingerprint density at radius 2 is 1.83 bits per heavy atom. The molecule has 0 aromatic heterocycles. The van der Waals surface area contributed by atoms with Gasteiger partial charge in [-0.05, 0) is 12.2 Å². The van der Waals surface area contributed by atoms with Crippen LogP contribution in [0.1, 0.15) is 12.8 Å². The summed E-state index contributed by atoms with van der Waals surface area (Å²) in [5.41, 5.74) is 0. The molecule has 0 aromatic carbocycles. The first kappa shape index (κ1) is 11.8. The van der Waals surface area contributed by atoms with Gasteiger partial charge in [-0.1, -0.05) is 0 Å². The molecule has 0 radical (unpaired) electrons. The molecule has 0 aliphatic heterocycles. The summed E-state index contributed by atoms with van der Waals surface area (Å²) in [6.45, 7) is 0.0699. The molecule has 1 N–H and O–H groups in total. The minimum atomic E-state index is -2.22. The fraction of sp³-hybridized carbons (Fsp3) is 0.714. The van der Waals surface area contributed by atoms with E-state index in [9.17, 15) is 13.2 Å². The lowest BCUT2D eigenvalue weighted by Gasteiger charge is -1.97. The van der Waals surface area contributed by atoms with Crippen LogP contribution in [0.15, 0.2) is 11.9 Å². The molecule has 0 heterocycles. The highest BCUT2D eigenvalue weighted by Gasteiger charge is 2.03. The van der Waals surface area contributed by atoms with Gasteiger partial charge in [0.05, 0.1) is 6.61 Å². The minimum Gasteiger partial charge on any atom is -0.396 e. The summed E-state index contributed by atoms with van der Waals surface area (Å²) in [6, 6.07) is 0. The van der Waals surface area contributed by atoms with Crippen molar-refractivity contribution in [2.45, 2.75) is 12.8 Å². The van der Waals surface area contributed by atoms with E-state index >= 15 is 0 Å². The van der Waals surface area contributed by atoms with Gasteiger partial charge < -0.3 is 5.11 Å². The Labute approximate surface area is 73.7 Å². The number of hydrogen-bond donors (Lipinski definition) is 1. The lowest BCUT2D eigenvalue weighted by atomic mass is 10.3. The molecular formula is C7H11F3OS. The van der Waals surface area contributed by atoms with E-state index in [1.165, 1.54) is 11.8 Å². The highest BCUT2D eigenvalue weighted by Crippen LogP contribution is 2.16. The molecule has 0 spiro atoms. The molecule has 5 heteroatoms. The van der Waals surface area contributed by atoms with Crippen molar-refractivity contribution in [2.24, 2.45) is 0 Å². The molecule has 0 aromatic rings. The standard InChI is InChI=1S/C7H11F3OS/c8-6(7(9)10)2-1-4-12-5-3-11/h11H,1-5H2. The molecule has 1 nitrogen and oxygen atoms in total. The third-order valence-electron chi connectivity index (χ3n) is 1.13. The molecule has 0 bridgehead atoms. The summed E-state index contributed by atoms with van der Waals surface area (Å²) < 4.78 is 35.0. The molecule has 0 saturated carbocycles. The van der Waals surface area contributed by atoms with Crippen molar-refractivity contribution in [2.75, 3.05) is 18.1 Å². The van der Waals surface area contributed by atoms with Crippen molar-refractivity contribution in [1.29, 1.82) is 0 Å². The molecule has 0 saturated heterocycles. The predicted molar refractivity (Wildman–Crippen MR) is 44.0 cm³/mol. The fourth-order valence-corrected chi connectivity index (χ4v) is 1.27. The van der Waals surface area contributed by atoms with Crippen LogP contribution in [0, 0.1) is 0 Å². The Kier molecular flexibility index (Phi) is 7.39. The number of allylic oxidation sites excluding steroid dienone is 1. The third-order valence-corrected chi connectivity index (χ3v) is 2.17. The molecule has 0 aliphatic carbocycles. The number of hydrogen-bond acceptors (Lipinski definition) is 2. The number of aliphatic hydroxyl groups excluding tert-OH is 1. The van der Waals surface area contributed by atoms with Gasteiger partial charge in [-0.2, -0.15) is 20.5 Å². The number of halogens is 3. The number of aliphatic hydroxyl groups is 1. The summed E-state index contributed by atoms with van der Waals surface area (Å²) in [6.07, 6.45) is -2.05. The molecule has 0 unspecified atom stereocenters. The molecule has 12 heavy (non-hydrogen) atoms. The lowest BCUT2D eigenvalue weighted by Crippen LogP contribution is -1.89. The van der Waals surface area contributed by atoms with Crippen LogP contribution in [-0.2, 0) is 0 Å². The maximum atomic E-state index is 12.1.